The van der Waals surface area contributed by atoms with Gasteiger partial charge in [0.25, 0.3) is 0 Å². The molecular weight excluding hydrogens is 332 g/mol. The Morgan fingerprint density at radius 1 is 0.778 bits per heavy atom. The largest absolute Gasteiger partial charge is 0.299 e. The molecule has 0 aromatic rings. The molecule has 0 aliphatic heterocycles. The van der Waals surface area contributed by atoms with E-state index in [0.717, 1.165) is 51.4 Å². The van der Waals surface area contributed by atoms with Gasteiger partial charge >= 0.3 is 0 Å². The highest BCUT2D eigenvalue weighted by Gasteiger charge is 2.23. The second kappa shape index (κ2) is 12.1. The van der Waals surface area contributed by atoms with E-state index in [1.54, 1.807) is 13.8 Å². The van der Waals surface area contributed by atoms with Crippen molar-refractivity contribution in [3.8, 4) is 0 Å². The number of ketones is 2. The summed E-state index contributed by atoms with van der Waals surface area (Å²) in [5, 5.41) is 0. The van der Waals surface area contributed by atoms with Crippen LogP contribution in [0, 0.1) is 10.8 Å². The molecule has 0 rings (SSSR count). The summed E-state index contributed by atoms with van der Waals surface area (Å²) in [6, 6.07) is 0. The highest BCUT2D eigenvalue weighted by atomic mass is 16.1. The number of carbonyl (C=O) groups excluding carboxylic acids is 2. The summed E-state index contributed by atoms with van der Waals surface area (Å²) in [6.45, 7) is 17.6. The Labute approximate surface area is 168 Å². The van der Waals surface area contributed by atoms with Gasteiger partial charge in [0, 0.05) is 10.8 Å². The SMILES string of the molecule is C=C/C(CCCCC(C)(C)C(C)=O)=C(\C=C/C)CCCCC(C)(C)C(C)=O. The van der Waals surface area contributed by atoms with Crippen LogP contribution in [-0.2, 0) is 9.59 Å². The molecule has 154 valence electrons. The fraction of sp³-hybridized carbons (Fsp3) is 0.680. The molecular formula is C25H42O2. The topological polar surface area (TPSA) is 34.1 Å². The van der Waals surface area contributed by atoms with Crippen molar-refractivity contribution < 1.29 is 9.59 Å². The molecule has 0 aromatic carbocycles. The first-order chi connectivity index (χ1) is 12.5. The van der Waals surface area contributed by atoms with Crippen LogP contribution in [0.4, 0.5) is 0 Å². The third-order valence-corrected chi connectivity index (χ3v) is 5.93. The summed E-state index contributed by atoms with van der Waals surface area (Å²) in [5.74, 6) is 0.539. The van der Waals surface area contributed by atoms with Gasteiger partial charge in [0.15, 0.2) is 0 Å². The molecule has 0 unspecified atom stereocenters. The molecule has 0 atom stereocenters. The van der Waals surface area contributed by atoms with Gasteiger partial charge in [-0.05, 0) is 70.4 Å². The maximum Gasteiger partial charge on any atom is 0.135 e. The van der Waals surface area contributed by atoms with Crippen molar-refractivity contribution in [2.45, 2.75) is 99.8 Å². The highest BCUT2D eigenvalue weighted by Crippen LogP contribution is 2.28. The lowest BCUT2D eigenvalue weighted by molar-refractivity contribution is -0.125. The van der Waals surface area contributed by atoms with Gasteiger partial charge in [-0.2, -0.15) is 0 Å². The molecule has 0 saturated carbocycles. The van der Waals surface area contributed by atoms with Crippen molar-refractivity contribution in [1.29, 1.82) is 0 Å². The van der Waals surface area contributed by atoms with E-state index in [0.29, 0.717) is 0 Å². The first kappa shape index (κ1) is 25.6. The van der Waals surface area contributed by atoms with Crippen molar-refractivity contribution >= 4 is 11.6 Å². The first-order valence-corrected chi connectivity index (χ1v) is 10.5. The van der Waals surface area contributed by atoms with E-state index in [2.05, 4.69) is 25.7 Å². The predicted octanol–water partition coefficient (Wildman–Crippen LogP) is 7.40. The van der Waals surface area contributed by atoms with Crippen LogP contribution in [0.1, 0.15) is 99.8 Å². The standard InChI is InChI=1S/C25H42O2/c1-9-15-23(17-12-14-19-25(7,8)21(4)27)22(10-2)16-11-13-18-24(5,6)20(3)26/h9-10,15H,2,11-14,16-19H2,1,3-8H3/b15-9-,23-22-. The van der Waals surface area contributed by atoms with Gasteiger partial charge in [-0.25, -0.2) is 0 Å². The van der Waals surface area contributed by atoms with Gasteiger partial charge in [-0.3, -0.25) is 9.59 Å². The Hall–Kier alpha value is -1.44. The van der Waals surface area contributed by atoms with Crippen molar-refractivity contribution in [3.05, 3.63) is 36.0 Å². The minimum absolute atomic E-state index is 0.213. The maximum absolute atomic E-state index is 11.7. The molecule has 0 fully saturated rings. The van der Waals surface area contributed by atoms with Gasteiger partial charge in [0.2, 0.25) is 0 Å². The molecule has 0 amide bonds. The number of rotatable bonds is 14. The molecule has 0 aromatic heterocycles. The van der Waals surface area contributed by atoms with Crippen LogP contribution in [0.2, 0.25) is 0 Å². The summed E-state index contributed by atoms with van der Waals surface area (Å²) < 4.78 is 0. The normalized spacial score (nSPS) is 13.6. The molecule has 2 nitrogen and oxygen atoms in total. The van der Waals surface area contributed by atoms with Crippen LogP contribution < -0.4 is 0 Å². The second-order valence-electron chi connectivity index (χ2n) is 9.05. The number of hydrogen-bond acceptors (Lipinski definition) is 2. The van der Waals surface area contributed by atoms with E-state index in [-0.39, 0.29) is 22.4 Å². The molecule has 0 radical (unpaired) electrons. The van der Waals surface area contributed by atoms with Gasteiger partial charge < -0.3 is 0 Å². The Bertz CT molecular complexity index is 559. The number of hydrogen-bond donors (Lipinski definition) is 0. The Kier molecular flexibility index (Phi) is 11.5. The molecule has 0 heterocycles. The van der Waals surface area contributed by atoms with Crippen molar-refractivity contribution in [2.24, 2.45) is 10.8 Å². The first-order valence-electron chi connectivity index (χ1n) is 10.5. The van der Waals surface area contributed by atoms with Crippen molar-refractivity contribution in [2.75, 3.05) is 0 Å². The molecule has 0 aliphatic rings. The summed E-state index contributed by atoms with van der Waals surface area (Å²) in [5.41, 5.74) is 2.25. The summed E-state index contributed by atoms with van der Waals surface area (Å²) in [7, 11) is 0. The van der Waals surface area contributed by atoms with Crippen molar-refractivity contribution in [1.82, 2.24) is 0 Å². The monoisotopic (exact) mass is 374 g/mol. The van der Waals surface area contributed by atoms with Crippen LogP contribution in [0.3, 0.4) is 0 Å². The summed E-state index contributed by atoms with van der Waals surface area (Å²) in [4.78, 5) is 23.3. The highest BCUT2D eigenvalue weighted by molar-refractivity contribution is 5.81. The molecule has 0 N–H and O–H groups in total. The number of Topliss-reactive ketones (excluding diaryl/α,β-unsaturated/α-hetero) is 2. The number of unbranched alkanes of at least 4 members (excludes halogenated alkanes) is 2. The van der Waals surface area contributed by atoms with Gasteiger partial charge in [0.05, 0.1) is 0 Å². The van der Waals surface area contributed by atoms with Crippen LogP contribution >= 0.6 is 0 Å². The quantitative estimate of drug-likeness (QED) is 0.234. The summed E-state index contributed by atoms with van der Waals surface area (Å²) >= 11 is 0. The number of allylic oxidation sites excluding steroid dienone is 5. The van der Waals surface area contributed by atoms with Gasteiger partial charge in [0.1, 0.15) is 11.6 Å². The molecule has 0 spiro atoms. The Morgan fingerprint density at radius 3 is 1.52 bits per heavy atom. The van der Waals surface area contributed by atoms with E-state index in [1.807, 2.05) is 33.8 Å². The lowest BCUT2D eigenvalue weighted by Crippen LogP contribution is -2.21. The predicted molar refractivity (Wildman–Crippen MR) is 118 cm³/mol. The van der Waals surface area contributed by atoms with E-state index in [1.165, 1.54) is 11.1 Å². The minimum Gasteiger partial charge on any atom is -0.299 e. The van der Waals surface area contributed by atoms with Crippen LogP contribution in [0.25, 0.3) is 0 Å². The molecule has 0 aliphatic carbocycles. The van der Waals surface area contributed by atoms with Crippen LogP contribution in [0.15, 0.2) is 36.0 Å². The average Bonchev–Trinajstić information content (AvgIpc) is 2.57. The van der Waals surface area contributed by atoms with E-state index in [9.17, 15) is 9.59 Å². The fourth-order valence-corrected chi connectivity index (χ4v) is 3.06. The second-order valence-corrected chi connectivity index (χ2v) is 9.05. The third-order valence-electron chi connectivity index (χ3n) is 5.93. The Balaban J connectivity index is 4.70. The fourth-order valence-electron chi connectivity index (χ4n) is 3.06. The van der Waals surface area contributed by atoms with Crippen LogP contribution in [0.5, 0.6) is 0 Å². The van der Waals surface area contributed by atoms with Gasteiger partial charge in [-0.15, -0.1) is 0 Å². The zero-order valence-electron chi connectivity index (χ0n) is 18.9. The number of carbonyl (C=O) groups is 2. The van der Waals surface area contributed by atoms with Crippen molar-refractivity contribution in [3.63, 3.8) is 0 Å². The van der Waals surface area contributed by atoms with E-state index >= 15 is 0 Å². The molecule has 2 heteroatoms. The van der Waals surface area contributed by atoms with Crippen LogP contribution in [-0.4, -0.2) is 11.6 Å². The molecule has 0 saturated heterocycles. The lowest BCUT2D eigenvalue weighted by atomic mass is 9.82. The molecule has 0 bridgehead atoms. The Morgan fingerprint density at radius 2 is 1.19 bits per heavy atom. The third kappa shape index (κ3) is 9.89. The maximum atomic E-state index is 11.7. The van der Waals surface area contributed by atoms with E-state index in [4.69, 9.17) is 0 Å². The van der Waals surface area contributed by atoms with Gasteiger partial charge in [-0.1, -0.05) is 65.3 Å². The van der Waals surface area contributed by atoms with E-state index < -0.39 is 0 Å². The zero-order chi connectivity index (χ0) is 21.1. The average molecular weight is 375 g/mol. The lowest BCUT2D eigenvalue weighted by Gasteiger charge is -2.21. The zero-order valence-corrected chi connectivity index (χ0v) is 18.9. The molecule has 27 heavy (non-hydrogen) atoms. The minimum atomic E-state index is -0.215. The smallest absolute Gasteiger partial charge is 0.135 e. The summed E-state index contributed by atoms with van der Waals surface area (Å²) in [6.07, 6.45) is 14.5.